The Morgan fingerprint density at radius 1 is 1.03 bits per heavy atom. The summed E-state index contributed by atoms with van der Waals surface area (Å²) >= 11 is 1.36. The van der Waals surface area contributed by atoms with Gasteiger partial charge in [0, 0.05) is 31.6 Å². The van der Waals surface area contributed by atoms with Gasteiger partial charge in [0.15, 0.2) is 15.0 Å². The van der Waals surface area contributed by atoms with Gasteiger partial charge in [0.1, 0.15) is 11.7 Å². The van der Waals surface area contributed by atoms with Gasteiger partial charge in [-0.3, -0.25) is 25.3 Å². The molecule has 2 amide bonds. The Morgan fingerprint density at radius 2 is 1.72 bits per heavy atom. The van der Waals surface area contributed by atoms with Crippen molar-refractivity contribution < 1.29 is 22.7 Å². The molecule has 1 unspecified atom stereocenters. The van der Waals surface area contributed by atoms with Crippen molar-refractivity contribution in [2.45, 2.75) is 6.04 Å². The molecule has 3 heterocycles. The number of morpholine rings is 1. The third-order valence-electron chi connectivity index (χ3n) is 5.41. The third kappa shape index (κ3) is 5.44. The average Bonchev–Trinajstić information content (AvgIpc) is 3.31. The van der Waals surface area contributed by atoms with Crippen molar-refractivity contribution in [2.24, 2.45) is 0 Å². The van der Waals surface area contributed by atoms with Crippen molar-refractivity contribution in [3.63, 3.8) is 0 Å². The SMILES string of the molecule is O=C(NNC(=O)C(c1ccccc1)N1CCS(=O)(=O)CC1)c1csc(N2CCOCC2)n1. The molecule has 2 aromatic rings. The van der Waals surface area contributed by atoms with Crippen molar-refractivity contribution in [3.05, 3.63) is 47.0 Å². The summed E-state index contributed by atoms with van der Waals surface area (Å²) in [7, 11) is -3.09. The lowest BCUT2D eigenvalue weighted by Gasteiger charge is -2.33. The zero-order valence-electron chi connectivity index (χ0n) is 17.4. The van der Waals surface area contributed by atoms with E-state index in [4.69, 9.17) is 4.74 Å². The minimum absolute atomic E-state index is 0.000880. The van der Waals surface area contributed by atoms with Gasteiger partial charge in [0.05, 0.1) is 24.7 Å². The van der Waals surface area contributed by atoms with E-state index in [1.54, 1.807) is 5.38 Å². The van der Waals surface area contributed by atoms with E-state index in [2.05, 4.69) is 20.7 Å². The Balaban J connectivity index is 1.41. The molecule has 0 radical (unpaired) electrons. The van der Waals surface area contributed by atoms with E-state index < -0.39 is 27.7 Å². The topological polar surface area (TPSA) is 121 Å². The van der Waals surface area contributed by atoms with Gasteiger partial charge in [-0.25, -0.2) is 13.4 Å². The van der Waals surface area contributed by atoms with E-state index >= 15 is 0 Å². The number of nitrogens with one attached hydrogen (secondary N) is 2. The molecule has 32 heavy (non-hydrogen) atoms. The number of thiazole rings is 1. The van der Waals surface area contributed by atoms with E-state index in [0.29, 0.717) is 13.2 Å². The maximum Gasteiger partial charge on any atom is 0.289 e. The van der Waals surface area contributed by atoms with Crippen LogP contribution in [0.4, 0.5) is 5.13 Å². The maximum absolute atomic E-state index is 13.0. The average molecular weight is 480 g/mol. The zero-order chi connectivity index (χ0) is 22.6. The van der Waals surface area contributed by atoms with Crippen molar-refractivity contribution in [1.29, 1.82) is 0 Å². The summed E-state index contributed by atoms with van der Waals surface area (Å²) in [5.41, 5.74) is 5.87. The molecule has 0 saturated carbocycles. The first-order valence-corrected chi connectivity index (χ1v) is 13.0. The van der Waals surface area contributed by atoms with Crippen LogP contribution < -0.4 is 15.8 Å². The molecular weight excluding hydrogens is 454 g/mol. The van der Waals surface area contributed by atoms with Gasteiger partial charge in [0.25, 0.3) is 11.8 Å². The summed E-state index contributed by atoms with van der Waals surface area (Å²) < 4.78 is 29.0. The number of hydrogen-bond donors (Lipinski definition) is 2. The predicted octanol–water partition coefficient (Wildman–Crippen LogP) is 0.212. The fourth-order valence-electron chi connectivity index (χ4n) is 3.67. The molecule has 172 valence electrons. The summed E-state index contributed by atoms with van der Waals surface area (Å²) in [5, 5.41) is 2.39. The molecule has 1 aromatic heterocycles. The van der Waals surface area contributed by atoms with Crippen molar-refractivity contribution in [2.75, 3.05) is 55.8 Å². The second-order valence-corrected chi connectivity index (χ2v) is 10.7. The van der Waals surface area contributed by atoms with Crippen LogP contribution >= 0.6 is 11.3 Å². The molecule has 4 rings (SSSR count). The molecule has 0 spiro atoms. The highest BCUT2D eigenvalue weighted by Gasteiger charge is 2.32. The van der Waals surface area contributed by atoms with E-state index in [1.807, 2.05) is 35.2 Å². The van der Waals surface area contributed by atoms with E-state index in [1.165, 1.54) is 11.3 Å². The van der Waals surface area contributed by atoms with Gasteiger partial charge in [0.2, 0.25) is 0 Å². The Bertz CT molecular complexity index is 1040. The largest absolute Gasteiger partial charge is 0.378 e. The highest BCUT2D eigenvalue weighted by molar-refractivity contribution is 7.91. The van der Waals surface area contributed by atoms with Gasteiger partial charge >= 0.3 is 0 Å². The normalized spacial score (nSPS) is 19.8. The van der Waals surface area contributed by atoms with Gasteiger partial charge in [-0.05, 0) is 5.56 Å². The third-order valence-corrected chi connectivity index (χ3v) is 7.92. The van der Waals surface area contributed by atoms with Crippen LogP contribution in [0.25, 0.3) is 0 Å². The lowest BCUT2D eigenvalue weighted by atomic mass is 10.0. The minimum atomic E-state index is -3.09. The number of rotatable bonds is 5. The predicted molar refractivity (Wildman–Crippen MR) is 120 cm³/mol. The Kier molecular flexibility index (Phi) is 7.04. The number of carbonyl (C=O) groups excluding carboxylic acids is 2. The standard InChI is InChI=1S/C20H25N5O5S2/c26-18(16-14-31-20(21-16)25-6-10-30-11-7-25)22-23-19(27)17(15-4-2-1-3-5-15)24-8-12-32(28,29)13-9-24/h1-5,14,17H,6-13H2,(H,22,26)(H,23,27). The van der Waals surface area contributed by atoms with Crippen LogP contribution in [0.1, 0.15) is 22.1 Å². The van der Waals surface area contributed by atoms with Gasteiger partial charge in [-0.1, -0.05) is 30.3 Å². The number of nitrogens with zero attached hydrogens (tertiary/aromatic N) is 3. The molecule has 2 aliphatic heterocycles. The molecule has 10 nitrogen and oxygen atoms in total. The van der Waals surface area contributed by atoms with Crippen LogP contribution in [0.3, 0.4) is 0 Å². The van der Waals surface area contributed by atoms with Crippen LogP contribution in [-0.4, -0.2) is 81.0 Å². The highest BCUT2D eigenvalue weighted by Crippen LogP contribution is 2.24. The summed E-state index contributed by atoms with van der Waals surface area (Å²) in [6.07, 6.45) is 0. The number of aromatic nitrogens is 1. The van der Waals surface area contributed by atoms with Crippen molar-refractivity contribution >= 4 is 38.1 Å². The number of ether oxygens (including phenoxy) is 1. The molecule has 2 fully saturated rings. The van der Waals surface area contributed by atoms with E-state index in [-0.39, 0.29) is 30.3 Å². The molecule has 12 heteroatoms. The van der Waals surface area contributed by atoms with Crippen LogP contribution in [0, 0.1) is 0 Å². The number of benzene rings is 1. The summed E-state index contributed by atoms with van der Waals surface area (Å²) in [6.45, 7) is 3.17. The smallest absolute Gasteiger partial charge is 0.289 e. The maximum atomic E-state index is 13.0. The fraction of sp³-hybridized carbons (Fsp3) is 0.450. The Hall–Kier alpha value is -2.54. The van der Waals surface area contributed by atoms with Gasteiger partial charge in [-0.15, -0.1) is 11.3 Å². The molecule has 2 aliphatic rings. The lowest BCUT2D eigenvalue weighted by Crippen LogP contribution is -2.51. The first kappa shape index (κ1) is 22.6. The second-order valence-electron chi connectivity index (χ2n) is 7.56. The monoisotopic (exact) mass is 479 g/mol. The molecule has 1 atom stereocenters. The Morgan fingerprint density at radius 3 is 2.41 bits per heavy atom. The van der Waals surface area contributed by atoms with Crippen molar-refractivity contribution in [1.82, 2.24) is 20.7 Å². The number of amides is 2. The summed E-state index contributed by atoms with van der Waals surface area (Å²) in [4.78, 5) is 33.8. The quantitative estimate of drug-likeness (QED) is 0.584. The van der Waals surface area contributed by atoms with Crippen LogP contribution in [0.2, 0.25) is 0 Å². The van der Waals surface area contributed by atoms with Gasteiger partial charge < -0.3 is 9.64 Å². The molecule has 2 N–H and O–H groups in total. The number of sulfone groups is 1. The number of anilines is 1. The van der Waals surface area contributed by atoms with Gasteiger partial charge in [-0.2, -0.15) is 0 Å². The minimum Gasteiger partial charge on any atom is -0.378 e. The number of carbonyl (C=O) groups is 2. The molecule has 1 aromatic carbocycles. The molecule has 0 bridgehead atoms. The number of hydrazine groups is 1. The molecule has 0 aliphatic carbocycles. The zero-order valence-corrected chi connectivity index (χ0v) is 19.0. The van der Waals surface area contributed by atoms with Crippen LogP contribution in [0.5, 0.6) is 0 Å². The fourth-order valence-corrected chi connectivity index (χ4v) is 5.76. The van der Waals surface area contributed by atoms with Crippen molar-refractivity contribution in [3.8, 4) is 0 Å². The molecular formula is C20H25N5O5S2. The first-order chi connectivity index (χ1) is 15.4. The van der Waals surface area contributed by atoms with E-state index in [9.17, 15) is 18.0 Å². The highest BCUT2D eigenvalue weighted by atomic mass is 32.2. The summed E-state index contributed by atoms with van der Waals surface area (Å²) in [6, 6.07) is 8.38. The second kappa shape index (κ2) is 9.94. The number of hydrogen-bond acceptors (Lipinski definition) is 9. The van der Waals surface area contributed by atoms with Crippen LogP contribution in [-0.2, 0) is 19.4 Å². The van der Waals surface area contributed by atoms with E-state index in [0.717, 1.165) is 23.8 Å². The lowest BCUT2D eigenvalue weighted by molar-refractivity contribution is -0.127. The Labute approximate surface area is 190 Å². The molecule has 2 saturated heterocycles. The van der Waals surface area contributed by atoms with Crippen LogP contribution in [0.15, 0.2) is 35.7 Å². The summed E-state index contributed by atoms with van der Waals surface area (Å²) in [5.74, 6) is -0.951. The first-order valence-electron chi connectivity index (χ1n) is 10.3.